The molecule has 0 spiro atoms. The smallest absolute Gasteiger partial charge is 0.417 e. The van der Waals surface area contributed by atoms with Crippen LogP contribution in [-0.2, 0) is 21.0 Å². The third-order valence-corrected chi connectivity index (χ3v) is 6.87. The predicted octanol–water partition coefficient (Wildman–Crippen LogP) is 4.61. The summed E-state index contributed by atoms with van der Waals surface area (Å²) in [6.07, 6.45) is -3.58. The predicted molar refractivity (Wildman–Crippen MR) is 131 cm³/mol. The molecule has 3 aromatic carbocycles. The van der Waals surface area contributed by atoms with Crippen LogP contribution in [0.2, 0.25) is 5.02 Å². The standard InChI is InChI=1S/C24H18ClF3N4O4S/c25-22-11-8-18(14-21(22)24(26,27)28)32(37(34,35)20-4-2-1-3-5-20)16-23(33)31-30-15-17-6-9-19(10-7-17)36-13-12-29/h1-11,14-15H,13,16H2,(H,31,33)/b30-15+. The lowest BCUT2D eigenvalue weighted by atomic mass is 10.2. The second-order valence-corrected chi connectivity index (χ2v) is 9.57. The highest BCUT2D eigenvalue weighted by atomic mass is 35.5. The first-order valence-electron chi connectivity index (χ1n) is 10.4. The van der Waals surface area contributed by atoms with Crippen molar-refractivity contribution in [3.05, 3.63) is 88.9 Å². The number of rotatable bonds is 9. The molecular formula is C24H18ClF3N4O4S. The van der Waals surface area contributed by atoms with Gasteiger partial charge in [0, 0.05) is 0 Å². The van der Waals surface area contributed by atoms with Crippen LogP contribution < -0.4 is 14.5 Å². The van der Waals surface area contributed by atoms with Crippen molar-refractivity contribution in [1.82, 2.24) is 5.43 Å². The molecule has 0 bridgehead atoms. The van der Waals surface area contributed by atoms with Crippen LogP contribution in [0.15, 0.2) is 82.8 Å². The van der Waals surface area contributed by atoms with E-state index in [1.165, 1.54) is 30.5 Å². The summed E-state index contributed by atoms with van der Waals surface area (Å²) in [5.74, 6) is -0.459. The van der Waals surface area contributed by atoms with Crippen LogP contribution in [-0.4, -0.2) is 33.7 Å². The molecule has 0 saturated heterocycles. The molecule has 0 aliphatic heterocycles. The van der Waals surface area contributed by atoms with Gasteiger partial charge >= 0.3 is 6.18 Å². The maximum atomic E-state index is 13.4. The van der Waals surface area contributed by atoms with Crippen molar-refractivity contribution < 1.29 is 31.1 Å². The third-order valence-electron chi connectivity index (χ3n) is 4.75. The average molecular weight is 551 g/mol. The number of nitrogens with one attached hydrogen (secondary N) is 1. The van der Waals surface area contributed by atoms with Crippen LogP contribution >= 0.6 is 11.6 Å². The van der Waals surface area contributed by atoms with Crippen molar-refractivity contribution in [2.45, 2.75) is 11.1 Å². The Bertz CT molecular complexity index is 1430. The lowest BCUT2D eigenvalue weighted by Crippen LogP contribution is -2.39. The number of alkyl halides is 3. The Kier molecular flexibility index (Phi) is 8.75. The molecule has 0 saturated carbocycles. The van der Waals surface area contributed by atoms with Gasteiger partial charge in [-0.05, 0) is 60.2 Å². The molecule has 0 fully saturated rings. The van der Waals surface area contributed by atoms with Crippen molar-refractivity contribution in [2.75, 3.05) is 17.5 Å². The van der Waals surface area contributed by atoms with Crippen molar-refractivity contribution in [1.29, 1.82) is 5.26 Å². The van der Waals surface area contributed by atoms with E-state index < -0.39 is 44.9 Å². The normalized spacial score (nSPS) is 11.6. The van der Waals surface area contributed by atoms with Gasteiger partial charge in [0.2, 0.25) is 0 Å². The highest BCUT2D eigenvalue weighted by molar-refractivity contribution is 7.92. The molecule has 8 nitrogen and oxygen atoms in total. The van der Waals surface area contributed by atoms with Gasteiger partial charge in [0.05, 0.1) is 27.4 Å². The van der Waals surface area contributed by atoms with E-state index in [9.17, 15) is 26.4 Å². The number of benzene rings is 3. The van der Waals surface area contributed by atoms with Gasteiger partial charge in [-0.3, -0.25) is 9.10 Å². The van der Waals surface area contributed by atoms with Gasteiger partial charge in [-0.25, -0.2) is 13.8 Å². The SMILES string of the molecule is N#CCOc1ccc(/C=N/NC(=O)CN(c2ccc(Cl)c(C(F)(F)F)c2)S(=O)(=O)c2ccccc2)cc1. The minimum Gasteiger partial charge on any atom is -0.479 e. The summed E-state index contributed by atoms with van der Waals surface area (Å²) in [5, 5.41) is 11.7. The molecule has 0 aliphatic carbocycles. The Labute approximate surface area is 215 Å². The Balaban J connectivity index is 1.85. The number of nitriles is 1. The van der Waals surface area contributed by atoms with E-state index >= 15 is 0 Å². The molecule has 0 aromatic heterocycles. The topological polar surface area (TPSA) is 112 Å². The van der Waals surface area contributed by atoms with Crippen molar-refractivity contribution in [3.8, 4) is 11.8 Å². The molecular weight excluding hydrogens is 533 g/mol. The second kappa shape index (κ2) is 11.8. The molecule has 0 atom stereocenters. The Morgan fingerprint density at radius 1 is 1.11 bits per heavy atom. The number of hydrazone groups is 1. The molecule has 1 amide bonds. The highest BCUT2D eigenvalue weighted by Crippen LogP contribution is 2.38. The monoisotopic (exact) mass is 550 g/mol. The van der Waals surface area contributed by atoms with Crippen LogP contribution in [0.3, 0.4) is 0 Å². The summed E-state index contributed by atoms with van der Waals surface area (Å²) in [5.41, 5.74) is 1.05. The van der Waals surface area contributed by atoms with Crippen molar-refractivity contribution in [3.63, 3.8) is 0 Å². The quantitative estimate of drug-likeness (QED) is 0.309. The lowest BCUT2D eigenvalue weighted by Gasteiger charge is -2.24. The summed E-state index contributed by atoms with van der Waals surface area (Å²) < 4.78 is 72.5. The molecule has 37 heavy (non-hydrogen) atoms. The van der Waals surface area contributed by atoms with E-state index in [1.807, 2.05) is 6.07 Å². The highest BCUT2D eigenvalue weighted by Gasteiger charge is 2.35. The summed E-state index contributed by atoms with van der Waals surface area (Å²) in [6, 6.07) is 17.7. The Morgan fingerprint density at radius 3 is 2.41 bits per heavy atom. The number of halogens is 4. The molecule has 0 aliphatic rings. The van der Waals surface area contributed by atoms with Gasteiger partial charge in [-0.1, -0.05) is 29.8 Å². The number of anilines is 1. The fourth-order valence-corrected chi connectivity index (χ4v) is 4.69. The van der Waals surface area contributed by atoms with E-state index in [4.69, 9.17) is 21.6 Å². The van der Waals surface area contributed by atoms with Gasteiger partial charge in [0.15, 0.2) is 6.61 Å². The number of hydrogen-bond acceptors (Lipinski definition) is 6. The van der Waals surface area contributed by atoms with E-state index in [0.717, 1.165) is 12.1 Å². The summed E-state index contributed by atoms with van der Waals surface area (Å²) in [6.45, 7) is -0.988. The van der Waals surface area contributed by atoms with E-state index in [2.05, 4.69) is 10.5 Å². The minimum atomic E-state index is -4.85. The lowest BCUT2D eigenvalue weighted by molar-refractivity contribution is -0.137. The minimum absolute atomic E-state index is 0.121. The molecule has 13 heteroatoms. The molecule has 192 valence electrons. The fraction of sp³-hybridized carbons (Fsp3) is 0.125. The first-order valence-corrected chi connectivity index (χ1v) is 12.2. The zero-order valence-corrected chi connectivity index (χ0v) is 20.4. The average Bonchev–Trinajstić information content (AvgIpc) is 2.87. The molecule has 1 N–H and O–H groups in total. The van der Waals surface area contributed by atoms with Crippen molar-refractivity contribution >= 4 is 39.4 Å². The van der Waals surface area contributed by atoms with E-state index in [-0.39, 0.29) is 11.5 Å². The maximum absolute atomic E-state index is 13.4. The molecule has 0 radical (unpaired) electrons. The summed E-state index contributed by atoms with van der Waals surface area (Å²) in [7, 11) is -4.44. The maximum Gasteiger partial charge on any atom is 0.417 e. The van der Waals surface area contributed by atoms with Crippen LogP contribution in [0.5, 0.6) is 5.75 Å². The van der Waals surface area contributed by atoms with Gasteiger partial charge < -0.3 is 4.74 Å². The van der Waals surface area contributed by atoms with Crippen LogP contribution in [0.4, 0.5) is 18.9 Å². The van der Waals surface area contributed by atoms with Gasteiger partial charge in [0.1, 0.15) is 18.4 Å². The molecule has 0 unspecified atom stereocenters. The fourth-order valence-electron chi connectivity index (χ4n) is 3.03. The number of ether oxygens (including phenoxy) is 1. The number of carbonyl (C=O) groups excluding carboxylic acids is 1. The van der Waals surface area contributed by atoms with E-state index in [0.29, 0.717) is 21.7 Å². The number of carbonyl (C=O) groups is 1. The Morgan fingerprint density at radius 2 is 1.78 bits per heavy atom. The first-order chi connectivity index (χ1) is 17.5. The first kappa shape index (κ1) is 27.5. The number of nitrogens with zero attached hydrogens (tertiary/aromatic N) is 3. The van der Waals surface area contributed by atoms with Gasteiger partial charge in [-0.15, -0.1) is 0 Å². The third kappa shape index (κ3) is 7.22. The second-order valence-electron chi connectivity index (χ2n) is 7.30. The molecule has 3 rings (SSSR count). The van der Waals surface area contributed by atoms with Crippen LogP contribution in [0.25, 0.3) is 0 Å². The summed E-state index contributed by atoms with van der Waals surface area (Å²) in [4.78, 5) is 12.4. The van der Waals surface area contributed by atoms with Gasteiger partial charge in [0.25, 0.3) is 15.9 Å². The summed E-state index contributed by atoms with van der Waals surface area (Å²) >= 11 is 5.68. The van der Waals surface area contributed by atoms with Crippen molar-refractivity contribution in [2.24, 2.45) is 5.10 Å². The molecule has 3 aromatic rings. The van der Waals surface area contributed by atoms with Crippen LogP contribution in [0.1, 0.15) is 11.1 Å². The van der Waals surface area contributed by atoms with Crippen LogP contribution in [0, 0.1) is 11.3 Å². The zero-order valence-electron chi connectivity index (χ0n) is 18.8. The largest absolute Gasteiger partial charge is 0.479 e. The number of sulfonamides is 1. The Hall–Kier alpha value is -4.08. The molecule has 0 heterocycles. The zero-order chi connectivity index (χ0) is 27.1. The number of amides is 1. The van der Waals surface area contributed by atoms with Gasteiger partial charge in [-0.2, -0.15) is 23.5 Å². The van der Waals surface area contributed by atoms with E-state index in [1.54, 1.807) is 30.3 Å². The number of hydrogen-bond donors (Lipinski definition) is 1.